The standard InChI is InChI=1S/C18H20ClN5O2S/c1-3-8-24(9-13-11-27-18(21-13)20-12(2)25)10-16-22-23-17(26-16)14-6-4-5-7-15(14)19/h4-7,11H,3,8-10H2,1-2H3,(H,20,21,25). The van der Waals surface area contributed by atoms with E-state index in [0.717, 1.165) is 24.2 Å². The molecule has 7 nitrogen and oxygen atoms in total. The van der Waals surface area contributed by atoms with Crippen molar-refractivity contribution in [3.05, 3.63) is 46.3 Å². The first kappa shape index (κ1) is 19.5. The predicted molar refractivity (Wildman–Crippen MR) is 106 cm³/mol. The van der Waals surface area contributed by atoms with Crippen molar-refractivity contribution in [2.45, 2.75) is 33.4 Å². The molecule has 0 saturated heterocycles. The highest BCUT2D eigenvalue weighted by molar-refractivity contribution is 7.13. The van der Waals surface area contributed by atoms with Gasteiger partial charge in [0.1, 0.15) is 0 Å². The Morgan fingerprint density at radius 2 is 2.11 bits per heavy atom. The van der Waals surface area contributed by atoms with Crippen molar-refractivity contribution in [2.75, 3.05) is 11.9 Å². The van der Waals surface area contributed by atoms with Crippen LogP contribution in [-0.2, 0) is 17.9 Å². The minimum atomic E-state index is -0.126. The fourth-order valence-corrected chi connectivity index (χ4v) is 3.56. The summed E-state index contributed by atoms with van der Waals surface area (Å²) in [5.41, 5.74) is 1.61. The molecule has 27 heavy (non-hydrogen) atoms. The third-order valence-electron chi connectivity index (χ3n) is 3.69. The summed E-state index contributed by atoms with van der Waals surface area (Å²) in [5, 5.41) is 14.1. The van der Waals surface area contributed by atoms with E-state index in [4.69, 9.17) is 16.0 Å². The minimum Gasteiger partial charge on any atom is -0.419 e. The van der Waals surface area contributed by atoms with Crippen LogP contribution in [-0.4, -0.2) is 32.5 Å². The number of carbonyl (C=O) groups excluding carboxylic acids is 1. The molecule has 0 aliphatic heterocycles. The number of rotatable bonds is 8. The van der Waals surface area contributed by atoms with E-state index in [1.165, 1.54) is 18.3 Å². The van der Waals surface area contributed by atoms with E-state index in [-0.39, 0.29) is 5.91 Å². The van der Waals surface area contributed by atoms with E-state index in [2.05, 4.69) is 32.3 Å². The lowest BCUT2D eigenvalue weighted by Gasteiger charge is -2.18. The fraction of sp³-hybridized carbons (Fsp3) is 0.333. The van der Waals surface area contributed by atoms with Crippen LogP contribution in [0.25, 0.3) is 11.5 Å². The smallest absolute Gasteiger partial charge is 0.249 e. The molecule has 0 aliphatic carbocycles. The maximum atomic E-state index is 11.1. The molecule has 0 bridgehead atoms. The van der Waals surface area contributed by atoms with Crippen molar-refractivity contribution in [1.29, 1.82) is 0 Å². The third-order valence-corrected chi connectivity index (χ3v) is 4.83. The normalized spacial score (nSPS) is 11.1. The predicted octanol–water partition coefficient (Wildman–Crippen LogP) is 4.22. The Kier molecular flexibility index (Phi) is 6.54. The molecule has 2 heterocycles. The maximum Gasteiger partial charge on any atom is 0.249 e. The van der Waals surface area contributed by atoms with Gasteiger partial charge >= 0.3 is 0 Å². The zero-order valence-corrected chi connectivity index (χ0v) is 16.7. The number of halogens is 1. The van der Waals surface area contributed by atoms with Crippen LogP contribution in [0, 0.1) is 0 Å². The van der Waals surface area contributed by atoms with Crippen molar-refractivity contribution in [3.8, 4) is 11.5 Å². The summed E-state index contributed by atoms with van der Waals surface area (Å²) >= 11 is 7.61. The summed E-state index contributed by atoms with van der Waals surface area (Å²) in [6.45, 7) is 5.58. The van der Waals surface area contributed by atoms with Crippen LogP contribution in [0.1, 0.15) is 31.9 Å². The molecule has 0 atom stereocenters. The fourth-order valence-electron chi connectivity index (χ4n) is 2.60. The summed E-state index contributed by atoms with van der Waals surface area (Å²) in [4.78, 5) is 17.8. The Morgan fingerprint density at radius 1 is 1.30 bits per heavy atom. The Bertz CT molecular complexity index is 911. The molecule has 3 rings (SSSR count). The van der Waals surface area contributed by atoms with Gasteiger partial charge in [0.2, 0.25) is 17.7 Å². The number of hydrogen-bond acceptors (Lipinski definition) is 7. The first-order valence-electron chi connectivity index (χ1n) is 8.56. The highest BCUT2D eigenvalue weighted by Gasteiger charge is 2.16. The first-order valence-corrected chi connectivity index (χ1v) is 9.82. The number of hydrogen-bond donors (Lipinski definition) is 1. The van der Waals surface area contributed by atoms with E-state index < -0.39 is 0 Å². The highest BCUT2D eigenvalue weighted by atomic mass is 35.5. The number of nitrogens with one attached hydrogen (secondary N) is 1. The number of carbonyl (C=O) groups is 1. The third kappa shape index (κ3) is 5.35. The van der Waals surface area contributed by atoms with Gasteiger partial charge in [-0.2, -0.15) is 0 Å². The Hall–Kier alpha value is -2.29. The average molecular weight is 406 g/mol. The summed E-state index contributed by atoms with van der Waals surface area (Å²) in [6, 6.07) is 7.37. The molecule has 3 aromatic rings. The summed E-state index contributed by atoms with van der Waals surface area (Å²) in [5.74, 6) is 0.809. The zero-order valence-electron chi connectivity index (χ0n) is 15.1. The number of nitrogens with zero attached hydrogens (tertiary/aromatic N) is 4. The van der Waals surface area contributed by atoms with Gasteiger partial charge in [-0.1, -0.05) is 30.7 Å². The zero-order chi connectivity index (χ0) is 19.2. The van der Waals surface area contributed by atoms with Crippen LogP contribution in [0.4, 0.5) is 5.13 Å². The molecule has 0 radical (unpaired) electrons. The monoisotopic (exact) mass is 405 g/mol. The van der Waals surface area contributed by atoms with Crippen molar-refractivity contribution < 1.29 is 9.21 Å². The largest absolute Gasteiger partial charge is 0.419 e. The van der Waals surface area contributed by atoms with E-state index in [9.17, 15) is 4.79 Å². The second-order valence-corrected chi connectivity index (χ2v) is 7.28. The number of aromatic nitrogens is 3. The van der Waals surface area contributed by atoms with E-state index in [0.29, 0.717) is 35.0 Å². The Labute approximate surface area is 166 Å². The number of anilines is 1. The van der Waals surface area contributed by atoms with Gasteiger partial charge < -0.3 is 9.73 Å². The second-order valence-electron chi connectivity index (χ2n) is 6.02. The lowest BCUT2D eigenvalue weighted by Crippen LogP contribution is -2.24. The van der Waals surface area contributed by atoms with Crippen molar-refractivity contribution in [3.63, 3.8) is 0 Å². The van der Waals surface area contributed by atoms with Gasteiger partial charge in [0.25, 0.3) is 0 Å². The van der Waals surface area contributed by atoms with Gasteiger partial charge in [0.15, 0.2) is 5.13 Å². The lowest BCUT2D eigenvalue weighted by molar-refractivity contribution is -0.114. The SMILES string of the molecule is CCCN(Cc1csc(NC(C)=O)n1)Cc1nnc(-c2ccccc2Cl)o1. The minimum absolute atomic E-state index is 0.126. The highest BCUT2D eigenvalue weighted by Crippen LogP contribution is 2.26. The summed E-state index contributed by atoms with van der Waals surface area (Å²) in [7, 11) is 0. The van der Waals surface area contributed by atoms with E-state index >= 15 is 0 Å². The molecule has 2 aromatic heterocycles. The first-order chi connectivity index (χ1) is 13.0. The molecule has 0 aliphatic rings. The van der Waals surface area contributed by atoms with Gasteiger partial charge in [0.05, 0.1) is 22.8 Å². The molecule has 9 heteroatoms. The van der Waals surface area contributed by atoms with Gasteiger partial charge in [-0.15, -0.1) is 21.5 Å². The van der Waals surface area contributed by atoms with Crippen molar-refractivity contribution >= 4 is 34.0 Å². The number of benzene rings is 1. The maximum absolute atomic E-state index is 11.1. The quantitative estimate of drug-likeness (QED) is 0.604. The molecule has 1 N–H and O–H groups in total. The van der Waals surface area contributed by atoms with Crippen LogP contribution in [0.15, 0.2) is 34.1 Å². The molecule has 0 saturated carbocycles. The number of amides is 1. The molecule has 1 aromatic carbocycles. The average Bonchev–Trinajstić information content (AvgIpc) is 3.25. The van der Waals surface area contributed by atoms with Crippen LogP contribution in [0.3, 0.4) is 0 Å². The number of thiazole rings is 1. The van der Waals surface area contributed by atoms with Gasteiger partial charge in [-0.3, -0.25) is 9.69 Å². The van der Waals surface area contributed by atoms with Crippen molar-refractivity contribution in [2.24, 2.45) is 0 Å². The molecule has 1 amide bonds. The van der Waals surface area contributed by atoms with Crippen LogP contribution in [0.5, 0.6) is 0 Å². The van der Waals surface area contributed by atoms with E-state index in [1.807, 2.05) is 23.6 Å². The van der Waals surface area contributed by atoms with Crippen molar-refractivity contribution in [1.82, 2.24) is 20.1 Å². The molecule has 0 fully saturated rings. The second kappa shape index (κ2) is 9.07. The van der Waals surface area contributed by atoms with Crippen LogP contribution in [0.2, 0.25) is 5.02 Å². The van der Waals surface area contributed by atoms with Crippen LogP contribution >= 0.6 is 22.9 Å². The molecule has 0 spiro atoms. The summed E-state index contributed by atoms with van der Waals surface area (Å²) < 4.78 is 5.80. The molecular weight excluding hydrogens is 386 g/mol. The topological polar surface area (TPSA) is 84.2 Å². The van der Waals surface area contributed by atoms with Crippen LogP contribution < -0.4 is 5.32 Å². The Morgan fingerprint density at radius 3 is 2.85 bits per heavy atom. The van der Waals surface area contributed by atoms with E-state index in [1.54, 1.807) is 6.07 Å². The molecular formula is C18H20ClN5O2S. The summed E-state index contributed by atoms with van der Waals surface area (Å²) in [6.07, 6.45) is 0.980. The molecule has 142 valence electrons. The lowest BCUT2D eigenvalue weighted by atomic mass is 10.2. The van der Waals surface area contributed by atoms with Gasteiger partial charge in [0, 0.05) is 18.8 Å². The van der Waals surface area contributed by atoms with Gasteiger partial charge in [-0.05, 0) is 25.1 Å². The van der Waals surface area contributed by atoms with Gasteiger partial charge in [-0.25, -0.2) is 4.98 Å². The molecule has 0 unspecified atom stereocenters. The Balaban J connectivity index is 1.69.